The molecular weight excluding hydrogens is 296 g/mol. The Labute approximate surface area is 141 Å². The van der Waals surface area contributed by atoms with Crippen LogP contribution in [0.3, 0.4) is 0 Å². The maximum Gasteiger partial charge on any atom is 0.260 e. The van der Waals surface area contributed by atoms with Crippen LogP contribution in [-0.4, -0.2) is 12.5 Å². The molecule has 0 saturated carbocycles. The average Bonchev–Trinajstić information content (AvgIpc) is 3.07. The molecule has 0 unspecified atom stereocenters. The molecule has 0 fully saturated rings. The van der Waals surface area contributed by atoms with E-state index in [4.69, 9.17) is 0 Å². The van der Waals surface area contributed by atoms with E-state index in [0.717, 1.165) is 30.0 Å². The molecule has 0 spiro atoms. The molecule has 1 N–H and O–H groups in total. The first-order chi connectivity index (χ1) is 11.8. The molecule has 0 radical (unpaired) electrons. The van der Waals surface area contributed by atoms with Gasteiger partial charge >= 0.3 is 0 Å². The van der Waals surface area contributed by atoms with Crippen LogP contribution in [0.1, 0.15) is 15.9 Å². The van der Waals surface area contributed by atoms with Crippen LogP contribution in [-0.2, 0) is 6.42 Å². The Morgan fingerprint density at radius 2 is 1.54 bits per heavy atom. The summed E-state index contributed by atoms with van der Waals surface area (Å²) in [5, 5.41) is 3.35. The number of rotatable bonds is 3. The van der Waals surface area contributed by atoms with Crippen LogP contribution in [0.25, 0.3) is 0 Å². The van der Waals surface area contributed by atoms with Crippen molar-refractivity contribution in [1.82, 2.24) is 0 Å². The Balaban J connectivity index is 1.66. The van der Waals surface area contributed by atoms with Gasteiger partial charge in [0.15, 0.2) is 0 Å². The topological polar surface area (TPSA) is 32.3 Å². The van der Waals surface area contributed by atoms with Gasteiger partial charge in [0.2, 0.25) is 0 Å². The Bertz CT molecular complexity index is 874. The Morgan fingerprint density at radius 3 is 2.42 bits per heavy atom. The summed E-state index contributed by atoms with van der Waals surface area (Å²) in [6.07, 6.45) is 0.913. The van der Waals surface area contributed by atoms with E-state index in [-0.39, 0.29) is 5.91 Å². The fraction of sp³-hybridized carbons (Fsp3) is 0.0952. The van der Waals surface area contributed by atoms with Gasteiger partial charge in [0.05, 0.1) is 11.3 Å². The summed E-state index contributed by atoms with van der Waals surface area (Å²) >= 11 is 0. The first-order valence-corrected chi connectivity index (χ1v) is 8.14. The van der Waals surface area contributed by atoms with Crippen LogP contribution in [0.15, 0.2) is 78.9 Å². The lowest BCUT2D eigenvalue weighted by molar-refractivity contribution is 0.0990. The van der Waals surface area contributed by atoms with Gasteiger partial charge in [-0.15, -0.1) is 0 Å². The molecule has 24 heavy (non-hydrogen) atoms. The molecule has 0 aromatic heterocycles. The van der Waals surface area contributed by atoms with E-state index in [1.54, 1.807) is 0 Å². The van der Waals surface area contributed by atoms with Crippen LogP contribution in [0.5, 0.6) is 0 Å². The molecule has 4 rings (SSSR count). The minimum atomic E-state index is 0.0407. The van der Waals surface area contributed by atoms with Crippen LogP contribution < -0.4 is 10.2 Å². The Morgan fingerprint density at radius 1 is 0.833 bits per heavy atom. The number of anilines is 3. The summed E-state index contributed by atoms with van der Waals surface area (Å²) in [7, 11) is 0. The van der Waals surface area contributed by atoms with E-state index in [0.29, 0.717) is 5.56 Å². The maximum atomic E-state index is 13.1. The lowest BCUT2D eigenvalue weighted by Crippen LogP contribution is -2.29. The number of carbonyl (C=O) groups is 1. The molecule has 0 bridgehead atoms. The average molecular weight is 314 g/mol. The third-order valence-corrected chi connectivity index (χ3v) is 4.34. The third kappa shape index (κ3) is 2.65. The van der Waals surface area contributed by atoms with Crippen LogP contribution in [0.4, 0.5) is 17.1 Å². The van der Waals surface area contributed by atoms with Gasteiger partial charge in [-0.1, -0.05) is 48.5 Å². The van der Waals surface area contributed by atoms with Gasteiger partial charge in [-0.2, -0.15) is 0 Å². The van der Waals surface area contributed by atoms with E-state index < -0.39 is 0 Å². The number of nitrogens with one attached hydrogen (secondary N) is 1. The van der Waals surface area contributed by atoms with Gasteiger partial charge in [0.1, 0.15) is 0 Å². The van der Waals surface area contributed by atoms with Crippen LogP contribution in [0.2, 0.25) is 0 Å². The minimum absolute atomic E-state index is 0.0407. The molecule has 3 heteroatoms. The highest BCUT2D eigenvalue weighted by molar-refractivity contribution is 6.10. The van der Waals surface area contributed by atoms with Gasteiger partial charge in [0.25, 0.3) is 5.91 Å². The SMILES string of the molecule is O=C(c1ccccc1Nc1ccccc1)N1CCc2ccccc21. The molecule has 3 nitrogen and oxygen atoms in total. The van der Waals surface area contributed by atoms with Crippen molar-refractivity contribution in [2.45, 2.75) is 6.42 Å². The highest BCUT2D eigenvalue weighted by atomic mass is 16.2. The Hall–Kier alpha value is -3.07. The second kappa shape index (κ2) is 6.20. The van der Waals surface area contributed by atoms with Crippen molar-refractivity contribution in [1.29, 1.82) is 0 Å². The van der Waals surface area contributed by atoms with E-state index in [1.807, 2.05) is 77.7 Å². The van der Waals surface area contributed by atoms with Crippen molar-refractivity contribution in [3.63, 3.8) is 0 Å². The second-order valence-electron chi connectivity index (χ2n) is 5.87. The zero-order valence-corrected chi connectivity index (χ0v) is 13.3. The molecule has 1 aliphatic heterocycles. The zero-order valence-electron chi connectivity index (χ0n) is 13.3. The van der Waals surface area contributed by atoms with Crippen LogP contribution >= 0.6 is 0 Å². The fourth-order valence-corrected chi connectivity index (χ4v) is 3.15. The molecule has 1 aliphatic rings. The van der Waals surface area contributed by atoms with Gasteiger partial charge in [-0.3, -0.25) is 4.79 Å². The number of hydrogen-bond acceptors (Lipinski definition) is 2. The molecule has 0 aliphatic carbocycles. The summed E-state index contributed by atoms with van der Waals surface area (Å²) in [5.41, 5.74) is 4.76. The van der Waals surface area contributed by atoms with Crippen molar-refractivity contribution in [3.05, 3.63) is 90.0 Å². The number of benzene rings is 3. The highest BCUT2D eigenvalue weighted by Gasteiger charge is 2.26. The van der Waals surface area contributed by atoms with E-state index >= 15 is 0 Å². The minimum Gasteiger partial charge on any atom is -0.355 e. The summed E-state index contributed by atoms with van der Waals surface area (Å²) in [6.45, 7) is 0.734. The lowest BCUT2D eigenvalue weighted by atomic mass is 10.1. The summed E-state index contributed by atoms with van der Waals surface area (Å²) in [5.74, 6) is 0.0407. The van der Waals surface area contributed by atoms with Crippen molar-refractivity contribution < 1.29 is 4.79 Å². The van der Waals surface area contributed by atoms with Crippen molar-refractivity contribution in [2.24, 2.45) is 0 Å². The van der Waals surface area contributed by atoms with Crippen molar-refractivity contribution in [2.75, 3.05) is 16.8 Å². The fourth-order valence-electron chi connectivity index (χ4n) is 3.15. The highest BCUT2D eigenvalue weighted by Crippen LogP contribution is 2.31. The molecule has 118 valence electrons. The number of carbonyl (C=O) groups excluding carboxylic acids is 1. The monoisotopic (exact) mass is 314 g/mol. The standard InChI is InChI=1S/C21H18N2O/c24-21(23-15-14-16-8-4-7-13-20(16)23)18-11-5-6-12-19(18)22-17-9-2-1-3-10-17/h1-13,22H,14-15H2. The predicted octanol–water partition coefficient (Wildman–Crippen LogP) is 4.63. The van der Waals surface area contributed by atoms with E-state index in [1.165, 1.54) is 5.56 Å². The molecule has 3 aromatic rings. The largest absolute Gasteiger partial charge is 0.355 e. The number of nitrogens with zero attached hydrogens (tertiary/aromatic N) is 1. The number of amides is 1. The van der Waals surface area contributed by atoms with E-state index in [2.05, 4.69) is 11.4 Å². The zero-order chi connectivity index (χ0) is 16.4. The molecule has 3 aromatic carbocycles. The van der Waals surface area contributed by atoms with Crippen LogP contribution in [0, 0.1) is 0 Å². The molecule has 1 heterocycles. The smallest absolute Gasteiger partial charge is 0.260 e. The molecule has 1 amide bonds. The van der Waals surface area contributed by atoms with Gasteiger partial charge < -0.3 is 10.2 Å². The second-order valence-corrected chi connectivity index (χ2v) is 5.87. The Kier molecular flexibility index (Phi) is 3.75. The van der Waals surface area contributed by atoms with E-state index in [9.17, 15) is 4.79 Å². The molecular formula is C21H18N2O. The third-order valence-electron chi connectivity index (χ3n) is 4.34. The van der Waals surface area contributed by atoms with Gasteiger partial charge in [0, 0.05) is 17.9 Å². The normalized spacial score (nSPS) is 12.8. The quantitative estimate of drug-likeness (QED) is 0.764. The summed E-state index contributed by atoms with van der Waals surface area (Å²) in [6, 6.07) is 25.7. The van der Waals surface area contributed by atoms with Crippen molar-refractivity contribution >= 4 is 23.0 Å². The number of para-hydroxylation sites is 3. The number of fused-ring (bicyclic) bond motifs is 1. The maximum absolute atomic E-state index is 13.1. The summed E-state index contributed by atoms with van der Waals surface area (Å²) in [4.78, 5) is 15.0. The summed E-state index contributed by atoms with van der Waals surface area (Å²) < 4.78 is 0. The predicted molar refractivity (Wildman–Crippen MR) is 98.0 cm³/mol. The van der Waals surface area contributed by atoms with Crippen molar-refractivity contribution in [3.8, 4) is 0 Å². The lowest BCUT2D eigenvalue weighted by Gasteiger charge is -2.19. The first-order valence-electron chi connectivity index (χ1n) is 8.14. The number of hydrogen-bond donors (Lipinski definition) is 1. The molecule has 0 saturated heterocycles. The first kappa shape index (κ1) is 14.5. The molecule has 0 atom stereocenters. The van der Waals surface area contributed by atoms with Gasteiger partial charge in [-0.05, 0) is 42.3 Å². The van der Waals surface area contributed by atoms with Gasteiger partial charge in [-0.25, -0.2) is 0 Å².